The van der Waals surface area contributed by atoms with E-state index in [1.54, 1.807) is 6.08 Å². The third-order valence-corrected chi connectivity index (χ3v) is 4.76. The summed E-state index contributed by atoms with van der Waals surface area (Å²) >= 11 is 0. The van der Waals surface area contributed by atoms with Gasteiger partial charge in [-0.05, 0) is 37.3 Å². The number of ether oxygens (including phenoxy) is 1. The highest BCUT2D eigenvalue weighted by atomic mass is 16.5. The van der Waals surface area contributed by atoms with Crippen molar-refractivity contribution in [2.45, 2.75) is 19.5 Å². The van der Waals surface area contributed by atoms with Crippen molar-refractivity contribution >= 4 is 16.7 Å². The van der Waals surface area contributed by atoms with Crippen LogP contribution in [0.2, 0.25) is 0 Å². The molecular weight excluding hydrogens is 324 g/mol. The number of fused-ring (bicyclic) bond motifs is 1. The van der Waals surface area contributed by atoms with Crippen molar-refractivity contribution < 1.29 is 14.4 Å². The molecule has 3 aromatic rings. The van der Waals surface area contributed by atoms with Gasteiger partial charge in [-0.1, -0.05) is 30.9 Å². The first-order valence-electron chi connectivity index (χ1n) is 8.85. The van der Waals surface area contributed by atoms with Crippen molar-refractivity contribution in [3.63, 3.8) is 0 Å². The van der Waals surface area contributed by atoms with Crippen molar-refractivity contribution in [3.05, 3.63) is 78.5 Å². The Morgan fingerprint density at radius 2 is 1.96 bits per heavy atom. The van der Waals surface area contributed by atoms with Gasteiger partial charge in [0.1, 0.15) is 24.9 Å². The summed E-state index contributed by atoms with van der Waals surface area (Å²) < 4.78 is 5.51. The SMILES string of the molecule is C=CCOc1ccc(C[NH+](C)[C@@H](C)C(=O)c2c[nH]c3ccccc23)cc1. The van der Waals surface area contributed by atoms with Gasteiger partial charge in [0.05, 0.1) is 7.05 Å². The Morgan fingerprint density at radius 1 is 1.23 bits per heavy atom. The molecule has 26 heavy (non-hydrogen) atoms. The second-order valence-electron chi connectivity index (χ2n) is 6.60. The highest BCUT2D eigenvalue weighted by Gasteiger charge is 2.25. The summed E-state index contributed by atoms with van der Waals surface area (Å²) in [6.45, 7) is 6.91. The molecule has 0 bridgehead atoms. The number of carbonyl (C=O) groups is 1. The van der Waals surface area contributed by atoms with Gasteiger partial charge in [-0.15, -0.1) is 0 Å². The lowest BCUT2D eigenvalue weighted by atomic mass is 10.0. The van der Waals surface area contributed by atoms with Crippen LogP contribution in [0.25, 0.3) is 10.9 Å². The van der Waals surface area contributed by atoms with Crippen LogP contribution < -0.4 is 9.64 Å². The number of hydrogen-bond acceptors (Lipinski definition) is 2. The van der Waals surface area contributed by atoms with Crippen LogP contribution in [-0.2, 0) is 6.54 Å². The average Bonchev–Trinajstić information content (AvgIpc) is 3.10. The number of H-pyrrole nitrogens is 1. The Bertz CT molecular complexity index is 896. The van der Waals surface area contributed by atoms with E-state index in [0.717, 1.165) is 33.7 Å². The molecule has 3 rings (SSSR count). The van der Waals surface area contributed by atoms with Crippen LogP contribution in [0.3, 0.4) is 0 Å². The van der Waals surface area contributed by atoms with Crippen LogP contribution in [0, 0.1) is 0 Å². The molecule has 2 N–H and O–H groups in total. The molecule has 0 aliphatic rings. The molecule has 0 saturated heterocycles. The maximum atomic E-state index is 13.0. The zero-order valence-corrected chi connectivity index (χ0v) is 15.3. The number of Topliss-reactive ketones (excluding diaryl/α,β-unsaturated/α-hetero) is 1. The van der Waals surface area contributed by atoms with Gasteiger partial charge in [0.25, 0.3) is 0 Å². The van der Waals surface area contributed by atoms with Crippen molar-refractivity contribution in [1.29, 1.82) is 0 Å². The molecule has 1 heterocycles. The fraction of sp³-hybridized carbons (Fsp3) is 0.227. The Kier molecular flexibility index (Phi) is 5.54. The molecule has 0 radical (unpaired) electrons. The highest BCUT2D eigenvalue weighted by Crippen LogP contribution is 2.19. The van der Waals surface area contributed by atoms with Crippen molar-refractivity contribution in [2.24, 2.45) is 0 Å². The third-order valence-electron chi connectivity index (χ3n) is 4.76. The van der Waals surface area contributed by atoms with Gasteiger partial charge in [0, 0.05) is 28.2 Å². The predicted octanol–water partition coefficient (Wildman–Crippen LogP) is 3.02. The van der Waals surface area contributed by atoms with E-state index in [-0.39, 0.29) is 11.8 Å². The molecule has 4 heteroatoms. The number of ketones is 1. The summed E-state index contributed by atoms with van der Waals surface area (Å²) in [4.78, 5) is 17.3. The number of rotatable bonds is 8. The monoisotopic (exact) mass is 349 g/mol. The molecule has 134 valence electrons. The minimum atomic E-state index is -0.133. The lowest BCUT2D eigenvalue weighted by Gasteiger charge is -2.20. The van der Waals surface area contributed by atoms with Crippen LogP contribution >= 0.6 is 0 Å². The van der Waals surface area contributed by atoms with Crippen LogP contribution in [0.4, 0.5) is 0 Å². The Balaban J connectivity index is 1.68. The zero-order chi connectivity index (χ0) is 18.5. The number of aromatic nitrogens is 1. The van der Waals surface area contributed by atoms with Gasteiger partial charge in [-0.3, -0.25) is 4.79 Å². The Labute approximate surface area is 154 Å². The van der Waals surface area contributed by atoms with E-state index in [9.17, 15) is 4.79 Å². The number of para-hydroxylation sites is 1. The Morgan fingerprint density at radius 3 is 2.69 bits per heavy atom. The molecule has 0 aliphatic heterocycles. The molecule has 0 saturated carbocycles. The van der Waals surface area contributed by atoms with Gasteiger partial charge < -0.3 is 14.6 Å². The van der Waals surface area contributed by atoms with Gasteiger partial charge in [-0.25, -0.2) is 0 Å². The van der Waals surface area contributed by atoms with Crippen molar-refractivity contribution in [3.8, 4) is 5.75 Å². The average molecular weight is 349 g/mol. The Hall–Kier alpha value is -2.85. The smallest absolute Gasteiger partial charge is 0.221 e. The molecule has 0 amide bonds. The van der Waals surface area contributed by atoms with E-state index < -0.39 is 0 Å². The third kappa shape index (κ3) is 3.86. The normalized spacial score (nSPS) is 13.3. The van der Waals surface area contributed by atoms with Crippen LogP contribution in [-0.4, -0.2) is 30.5 Å². The number of carbonyl (C=O) groups excluding carboxylic acids is 1. The first-order valence-corrected chi connectivity index (χ1v) is 8.85. The van der Waals surface area contributed by atoms with E-state index >= 15 is 0 Å². The number of quaternary nitrogens is 1. The number of hydrogen-bond donors (Lipinski definition) is 2. The maximum Gasteiger partial charge on any atom is 0.221 e. The summed E-state index contributed by atoms with van der Waals surface area (Å²) in [5, 5.41) is 0.987. The molecule has 0 aliphatic carbocycles. The van der Waals surface area contributed by atoms with Crippen LogP contribution in [0.5, 0.6) is 5.75 Å². The van der Waals surface area contributed by atoms with Gasteiger partial charge in [0.15, 0.2) is 0 Å². The fourth-order valence-corrected chi connectivity index (χ4v) is 3.07. The minimum Gasteiger partial charge on any atom is -0.490 e. The molecule has 0 spiro atoms. The number of likely N-dealkylation sites (N-methyl/N-ethyl adjacent to an activating group) is 1. The number of nitrogens with one attached hydrogen (secondary N) is 2. The van der Waals surface area contributed by atoms with E-state index in [1.165, 1.54) is 5.56 Å². The quantitative estimate of drug-likeness (QED) is 0.485. The van der Waals surface area contributed by atoms with Crippen LogP contribution in [0.1, 0.15) is 22.8 Å². The number of benzene rings is 2. The van der Waals surface area contributed by atoms with Crippen LogP contribution in [0.15, 0.2) is 67.4 Å². The van der Waals surface area contributed by atoms with E-state index in [2.05, 4.69) is 18.6 Å². The lowest BCUT2D eigenvalue weighted by molar-refractivity contribution is -0.907. The summed E-state index contributed by atoms with van der Waals surface area (Å²) in [6, 6.07) is 15.8. The van der Waals surface area contributed by atoms with Gasteiger partial charge >= 0.3 is 0 Å². The zero-order valence-electron chi connectivity index (χ0n) is 15.3. The predicted molar refractivity (Wildman–Crippen MR) is 105 cm³/mol. The molecule has 2 aromatic carbocycles. The molecule has 0 fully saturated rings. The van der Waals surface area contributed by atoms with E-state index in [4.69, 9.17) is 4.74 Å². The molecule has 2 atom stereocenters. The first-order chi connectivity index (χ1) is 12.6. The summed E-state index contributed by atoms with van der Waals surface area (Å²) in [5.74, 6) is 0.986. The highest BCUT2D eigenvalue weighted by molar-refractivity contribution is 6.09. The second-order valence-corrected chi connectivity index (χ2v) is 6.60. The summed E-state index contributed by atoms with van der Waals surface area (Å²) in [5.41, 5.74) is 2.93. The molecule has 1 aromatic heterocycles. The first kappa shape index (κ1) is 18.0. The van der Waals surface area contributed by atoms with Crippen molar-refractivity contribution in [1.82, 2.24) is 4.98 Å². The minimum absolute atomic E-state index is 0.133. The topological polar surface area (TPSA) is 46.5 Å². The number of aromatic amines is 1. The molecule has 4 nitrogen and oxygen atoms in total. The lowest BCUT2D eigenvalue weighted by Crippen LogP contribution is -3.12. The van der Waals surface area contributed by atoms with E-state index in [1.807, 2.05) is 61.7 Å². The van der Waals surface area contributed by atoms with Crippen molar-refractivity contribution in [2.75, 3.05) is 13.7 Å². The van der Waals surface area contributed by atoms with E-state index in [0.29, 0.717) is 6.61 Å². The van der Waals surface area contributed by atoms with Gasteiger partial charge in [-0.2, -0.15) is 0 Å². The maximum absolute atomic E-state index is 13.0. The summed E-state index contributed by atoms with van der Waals surface area (Å²) in [6.07, 6.45) is 3.55. The second kappa shape index (κ2) is 8.02. The molecule has 1 unspecified atom stereocenters. The standard InChI is InChI=1S/C22H24N2O2/c1-4-13-26-18-11-9-17(10-12-18)15-24(3)16(2)22(25)20-14-23-21-8-6-5-7-19(20)21/h4-12,14,16,23H,1,13,15H2,2-3H3/p+1/t16-/m0/s1. The summed E-state index contributed by atoms with van der Waals surface area (Å²) in [7, 11) is 2.06. The largest absolute Gasteiger partial charge is 0.490 e. The fourth-order valence-electron chi connectivity index (χ4n) is 3.07. The van der Waals surface area contributed by atoms with Gasteiger partial charge in [0.2, 0.25) is 5.78 Å². The molecular formula is C22H25N2O2+.